The van der Waals surface area contributed by atoms with Crippen molar-refractivity contribution in [2.24, 2.45) is 0 Å². The SMILES string of the molecule is CCN(CC)c1ccc(-c2nnc(SCC(=O)N(C)C3CCCCC3)n2CC)cc1. The van der Waals surface area contributed by atoms with E-state index in [1.807, 2.05) is 11.9 Å². The van der Waals surface area contributed by atoms with Gasteiger partial charge < -0.3 is 14.4 Å². The Labute approximate surface area is 185 Å². The van der Waals surface area contributed by atoms with Crippen LogP contribution in [-0.2, 0) is 11.3 Å². The maximum Gasteiger partial charge on any atom is 0.233 e. The Morgan fingerprint density at radius 1 is 1.07 bits per heavy atom. The lowest BCUT2D eigenvalue weighted by Crippen LogP contribution is -2.39. The standard InChI is InChI=1S/C23H35N5OS/c1-5-27(6-2)20-15-13-18(14-16-20)22-24-25-23(28(22)7-3)30-17-21(29)26(4)19-11-9-8-10-12-19/h13-16,19H,5-12,17H2,1-4H3. The number of rotatable bonds is 9. The van der Waals surface area contributed by atoms with Crippen LogP contribution in [0.25, 0.3) is 11.4 Å². The number of thioether (sulfide) groups is 1. The minimum absolute atomic E-state index is 0.183. The van der Waals surface area contributed by atoms with Gasteiger partial charge in [-0.05, 0) is 57.9 Å². The van der Waals surface area contributed by atoms with E-state index >= 15 is 0 Å². The van der Waals surface area contributed by atoms with E-state index in [1.165, 1.54) is 36.7 Å². The van der Waals surface area contributed by atoms with Crippen LogP contribution in [-0.4, -0.2) is 57.5 Å². The summed E-state index contributed by atoms with van der Waals surface area (Å²) in [5.41, 5.74) is 2.27. The summed E-state index contributed by atoms with van der Waals surface area (Å²) < 4.78 is 2.10. The third kappa shape index (κ3) is 5.17. The maximum atomic E-state index is 12.7. The molecule has 0 unspecified atom stereocenters. The Morgan fingerprint density at radius 2 is 1.73 bits per heavy atom. The number of hydrogen-bond acceptors (Lipinski definition) is 5. The van der Waals surface area contributed by atoms with E-state index in [-0.39, 0.29) is 5.91 Å². The van der Waals surface area contributed by atoms with Crippen LogP contribution in [0, 0.1) is 0 Å². The highest BCUT2D eigenvalue weighted by atomic mass is 32.2. The molecule has 1 amide bonds. The van der Waals surface area contributed by atoms with E-state index in [1.54, 1.807) is 0 Å². The van der Waals surface area contributed by atoms with Gasteiger partial charge >= 0.3 is 0 Å². The number of carbonyl (C=O) groups excluding carboxylic acids is 1. The summed E-state index contributed by atoms with van der Waals surface area (Å²) in [6.07, 6.45) is 6.02. The number of carbonyl (C=O) groups is 1. The summed E-state index contributed by atoms with van der Waals surface area (Å²) in [5.74, 6) is 1.45. The average Bonchev–Trinajstić information content (AvgIpc) is 3.21. The maximum absolute atomic E-state index is 12.7. The van der Waals surface area contributed by atoms with Crippen LogP contribution in [0.1, 0.15) is 52.9 Å². The van der Waals surface area contributed by atoms with Crippen LogP contribution in [0.2, 0.25) is 0 Å². The van der Waals surface area contributed by atoms with Crippen molar-refractivity contribution >= 4 is 23.4 Å². The van der Waals surface area contributed by atoms with Gasteiger partial charge in [0.15, 0.2) is 11.0 Å². The normalized spacial score (nSPS) is 14.7. The molecule has 3 rings (SSSR count). The van der Waals surface area contributed by atoms with E-state index in [0.29, 0.717) is 11.8 Å². The molecule has 6 nitrogen and oxygen atoms in total. The number of aromatic nitrogens is 3. The first-order valence-corrected chi connectivity index (χ1v) is 12.2. The summed E-state index contributed by atoms with van der Waals surface area (Å²) in [6.45, 7) is 9.19. The van der Waals surface area contributed by atoms with Crippen molar-refractivity contribution in [2.75, 3.05) is 30.8 Å². The van der Waals surface area contributed by atoms with E-state index < -0.39 is 0 Å². The van der Waals surface area contributed by atoms with Gasteiger partial charge in [0.2, 0.25) is 5.91 Å². The molecule has 0 aliphatic heterocycles. The third-order valence-electron chi connectivity index (χ3n) is 6.13. The summed E-state index contributed by atoms with van der Waals surface area (Å²) in [5, 5.41) is 9.64. The highest BCUT2D eigenvalue weighted by molar-refractivity contribution is 7.99. The molecule has 1 aromatic heterocycles. The molecule has 1 saturated carbocycles. The Kier molecular flexibility index (Phi) is 8.19. The van der Waals surface area contributed by atoms with E-state index in [0.717, 1.165) is 49.0 Å². The quantitative estimate of drug-likeness (QED) is 0.541. The second kappa shape index (κ2) is 10.8. The van der Waals surface area contributed by atoms with Crippen molar-refractivity contribution in [1.29, 1.82) is 0 Å². The van der Waals surface area contributed by atoms with Gasteiger partial charge in [-0.3, -0.25) is 4.79 Å². The van der Waals surface area contributed by atoms with E-state index in [2.05, 4.69) is 64.7 Å². The minimum atomic E-state index is 0.183. The topological polar surface area (TPSA) is 54.3 Å². The van der Waals surface area contributed by atoms with E-state index in [4.69, 9.17) is 0 Å². The average molecular weight is 430 g/mol. The van der Waals surface area contributed by atoms with Gasteiger partial charge in [0.1, 0.15) is 0 Å². The zero-order valence-electron chi connectivity index (χ0n) is 18.8. The molecular weight excluding hydrogens is 394 g/mol. The molecule has 30 heavy (non-hydrogen) atoms. The minimum Gasteiger partial charge on any atom is -0.372 e. The Balaban J connectivity index is 1.67. The first-order chi connectivity index (χ1) is 14.6. The number of anilines is 1. The molecule has 1 aromatic carbocycles. The number of nitrogens with zero attached hydrogens (tertiary/aromatic N) is 5. The second-order valence-corrected chi connectivity index (χ2v) is 8.80. The molecule has 0 atom stereocenters. The zero-order chi connectivity index (χ0) is 21.5. The fourth-order valence-corrected chi connectivity index (χ4v) is 5.13. The van der Waals surface area contributed by atoms with Crippen molar-refractivity contribution in [3.63, 3.8) is 0 Å². The van der Waals surface area contributed by atoms with Crippen molar-refractivity contribution in [1.82, 2.24) is 19.7 Å². The molecule has 0 spiro atoms. The molecular formula is C23H35N5OS. The van der Waals surface area contributed by atoms with Crippen LogP contribution < -0.4 is 4.90 Å². The summed E-state index contributed by atoms with van der Waals surface area (Å²) >= 11 is 1.49. The Hall–Kier alpha value is -2.02. The van der Waals surface area contributed by atoms with Crippen LogP contribution in [0.4, 0.5) is 5.69 Å². The monoisotopic (exact) mass is 429 g/mol. The molecule has 1 aliphatic rings. The second-order valence-electron chi connectivity index (χ2n) is 7.85. The van der Waals surface area contributed by atoms with Crippen LogP contribution >= 0.6 is 11.8 Å². The molecule has 0 bridgehead atoms. The summed E-state index contributed by atoms with van der Waals surface area (Å²) in [7, 11) is 1.95. The van der Waals surface area contributed by atoms with Crippen LogP contribution in [0.3, 0.4) is 0 Å². The van der Waals surface area contributed by atoms with Crippen molar-refractivity contribution in [3.8, 4) is 11.4 Å². The van der Waals surface area contributed by atoms with Crippen molar-refractivity contribution in [3.05, 3.63) is 24.3 Å². The predicted octanol–water partition coefficient (Wildman–Crippen LogP) is 4.69. The smallest absolute Gasteiger partial charge is 0.233 e. The zero-order valence-corrected chi connectivity index (χ0v) is 19.6. The first kappa shape index (κ1) is 22.7. The summed E-state index contributed by atoms with van der Waals surface area (Å²) in [6, 6.07) is 8.91. The fourth-order valence-electron chi connectivity index (χ4n) is 4.20. The summed E-state index contributed by atoms with van der Waals surface area (Å²) in [4.78, 5) is 17.0. The molecule has 1 heterocycles. The Morgan fingerprint density at radius 3 is 2.33 bits per heavy atom. The molecule has 1 fully saturated rings. The lowest BCUT2D eigenvalue weighted by atomic mass is 9.94. The number of hydrogen-bond donors (Lipinski definition) is 0. The van der Waals surface area contributed by atoms with Crippen LogP contribution in [0.15, 0.2) is 29.4 Å². The van der Waals surface area contributed by atoms with Gasteiger partial charge in [-0.25, -0.2) is 0 Å². The van der Waals surface area contributed by atoms with Gasteiger partial charge in [0.25, 0.3) is 0 Å². The van der Waals surface area contributed by atoms with E-state index in [9.17, 15) is 4.79 Å². The highest BCUT2D eigenvalue weighted by Crippen LogP contribution is 2.27. The van der Waals surface area contributed by atoms with Gasteiger partial charge in [0, 0.05) is 44.0 Å². The molecule has 0 radical (unpaired) electrons. The van der Waals surface area contributed by atoms with Crippen LogP contribution in [0.5, 0.6) is 0 Å². The third-order valence-corrected chi connectivity index (χ3v) is 7.08. The molecule has 2 aromatic rings. The molecule has 164 valence electrons. The number of benzene rings is 1. The van der Waals surface area contributed by atoms with Gasteiger partial charge in [-0.1, -0.05) is 31.0 Å². The highest BCUT2D eigenvalue weighted by Gasteiger charge is 2.23. The molecule has 0 saturated heterocycles. The van der Waals surface area contributed by atoms with Crippen molar-refractivity contribution < 1.29 is 4.79 Å². The largest absolute Gasteiger partial charge is 0.372 e. The lowest BCUT2D eigenvalue weighted by Gasteiger charge is -2.31. The van der Waals surface area contributed by atoms with Gasteiger partial charge in [-0.15, -0.1) is 10.2 Å². The molecule has 1 aliphatic carbocycles. The first-order valence-electron chi connectivity index (χ1n) is 11.3. The predicted molar refractivity (Wildman–Crippen MR) is 125 cm³/mol. The van der Waals surface area contributed by atoms with Gasteiger partial charge in [0.05, 0.1) is 5.75 Å². The lowest BCUT2D eigenvalue weighted by molar-refractivity contribution is -0.129. The van der Waals surface area contributed by atoms with Crippen molar-refractivity contribution in [2.45, 2.75) is 70.6 Å². The number of amides is 1. The molecule has 0 N–H and O–H groups in total. The van der Waals surface area contributed by atoms with Gasteiger partial charge in [-0.2, -0.15) is 0 Å². The molecule has 7 heteroatoms. The Bertz CT molecular complexity index is 810. The fraction of sp³-hybridized carbons (Fsp3) is 0.609.